The summed E-state index contributed by atoms with van der Waals surface area (Å²) < 4.78 is 0. The van der Waals surface area contributed by atoms with Crippen LogP contribution in [0.25, 0.3) is 20.9 Å². The lowest BCUT2D eigenvalue weighted by atomic mass is 9.85. The molecule has 0 spiro atoms. The number of unbranched alkanes of at least 4 members (excludes halogenated alkanes) is 2. The number of aliphatic hydroxyl groups excluding tert-OH is 1. The van der Waals surface area contributed by atoms with Crippen LogP contribution < -0.4 is 10.6 Å². The number of amides is 3. The summed E-state index contributed by atoms with van der Waals surface area (Å²) in [5, 5.41) is 19.6. The number of carbonyl (C=O) groups excluding carboxylic acids is 3. The summed E-state index contributed by atoms with van der Waals surface area (Å²) in [6.07, 6.45) is 1.58. The Hall–Kier alpha value is -3.47. The van der Waals surface area contributed by atoms with E-state index in [0.717, 1.165) is 28.1 Å². The zero-order valence-electron chi connectivity index (χ0n) is 23.6. The minimum Gasteiger partial charge on any atom is -0.391 e. The van der Waals surface area contributed by atoms with Gasteiger partial charge in [0.2, 0.25) is 17.7 Å². The molecule has 0 radical (unpaired) electrons. The molecule has 1 saturated heterocycles. The topological polar surface area (TPSA) is 160 Å². The van der Waals surface area contributed by atoms with Gasteiger partial charge in [0.25, 0.3) is 0 Å². The van der Waals surface area contributed by atoms with Crippen LogP contribution in [0.5, 0.6) is 0 Å². The number of rotatable bonds is 12. The monoisotopic (exact) mass is 569 g/mol. The first-order valence-corrected chi connectivity index (χ1v) is 14.4. The van der Waals surface area contributed by atoms with Crippen LogP contribution in [0.3, 0.4) is 0 Å². The molecule has 1 aromatic carbocycles. The van der Waals surface area contributed by atoms with Gasteiger partial charge in [-0.1, -0.05) is 56.6 Å². The van der Waals surface area contributed by atoms with Gasteiger partial charge in [0.1, 0.15) is 12.1 Å². The fraction of sp³-hybridized carbons (Fsp3) is 0.571. The molecule has 1 aromatic heterocycles. The normalized spacial score (nSPS) is 17.7. The maximum atomic E-state index is 13.7. The predicted octanol–water partition coefficient (Wildman–Crippen LogP) is 4.10. The molecule has 3 amide bonds. The third-order valence-corrected chi connectivity index (χ3v) is 7.91. The molecule has 3 rings (SSSR count). The molecule has 40 heavy (non-hydrogen) atoms. The van der Waals surface area contributed by atoms with E-state index in [0.29, 0.717) is 19.4 Å². The van der Waals surface area contributed by atoms with Crippen molar-refractivity contribution in [1.82, 2.24) is 20.5 Å². The summed E-state index contributed by atoms with van der Waals surface area (Å²) in [5.74, 6) is -0.980. The van der Waals surface area contributed by atoms with Gasteiger partial charge in [0.15, 0.2) is 0 Å². The number of hydrogen-bond donors (Lipinski definition) is 3. The number of β-amino-alcohol motifs (C(OH)–C–C–N with tert-alkyl or cyclic N) is 1. The van der Waals surface area contributed by atoms with Gasteiger partial charge in [-0.05, 0) is 41.8 Å². The number of thiazole rings is 1. The highest BCUT2D eigenvalue weighted by Gasteiger charge is 2.44. The maximum absolute atomic E-state index is 13.7. The lowest BCUT2D eigenvalue weighted by molar-refractivity contribution is -0.144. The van der Waals surface area contributed by atoms with Crippen molar-refractivity contribution in [2.45, 2.75) is 84.5 Å². The van der Waals surface area contributed by atoms with E-state index in [1.54, 1.807) is 11.3 Å². The largest absolute Gasteiger partial charge is 0.391 e. The molecule has 1 fully saturated rings. The Bertz CT molecular complexity index is 1220. The number of carbonyl (C=O) groups is 3. The summed E-state index contributed by atoms with van der Waals surface area (Å²) in [5.41, 5.74) is 12.5. The number of nitrogens with zero attached hydrogens (tertiary/aromatic N) is 5. The fourth-order valence-electron chi connectivity index (χ4n) is 4.70. The second kappa shape index (κ2) is 14.2. The van der Waals surface area contributed by atoms with Crippen molar-refractivity contribution in [3.63, 3.8) is 0 Å². The van der Waals surface area contributed by atoms with Crippen molar-refractivity contribution in [2.24, 2.45) is 10.5 Å². The van der Waals surface area contributed by atoms with Crippen molar-refractivity contribution in [2.75, 3.05) is 13.1 Å². The molecule has 0 aliphatic carbocycles. The van der Waals surface area contributed by atoms with E-state index in [4.69, 9.17) is 5.53 Å². The lowest BCUT2D eigenvalue weighted by Crippen LogP contribution is -2.57. The van der Waals surface area contributed by atoms with Gasteiger partial charge in [0, 0.05) is 37.4 Å². The molecule has 12 heteroatoms. The van der Waals surface area contributed by atoms with Gasteiger partial charge in [-0.25, -0.2) is 4.98 Å². The summed E-state index contributed by atoms with van der Waals surface area (Å²) in [4.78, 5) is 49.0. The zero-order chi connectivity index (χ0) is 29.3. The number of likely N-dealkylation sites (tertiary alicyclic amines) is 1. The molecular formula is C28H39N7O4S. The fourth-order valence-corrected chi connectivity index (χ4v) is 5.51. The Morgan fingerprint density at radius 3 is 2.58 bits per heavy atom. The van der Waals surface area contributed by atoms with E-state index < -0.39 is 23.6 Å². The number of aryl methyl sites for hydroxylation is 1. The Labute approximate surface area is 239 Å². The molecule has 0 saturated carbocycles. The first-order chi connectivity index (χ1) is 19.0. The number of aliphatic hydroxyl groups is 1. The Morgan fingerprint density at radius 1 is 1.23 bits per heavy atom. The molecule has 2 heterocycles. The van der Waals surface area contributed by atoms with Crippen LogP contribution in [-0.4, -0.2) is 64.0 Å². The molecule has 3 N–H and O–H groups in total. The molecule has 0 bridgehead atoms. The van der Waals surface area contributed by atoms with Crippen LogP contribution in [0.15, 0.2) is 34.9 Å². The highest BCUT2D eigenvalue weighted by atomic mass is 32.1. The van der Waals surface area contributed by atoms with E-state index in [1.165, 1.54) is 4.90 Å². The lowest BCUT2D eigenvalue weighted by Gasteiger charge is -2.35. The smallest absolute Gasteiger partial charge is 0.246 e. The Kier molecular flexibility index (Phi) is 11.1. The van der Waals surface area contributed by atoms with Crippen LogP contribution in [0.2, 0.25) is 0 Å². The summed E-state index contributed by atoms with van der Waals surface area (Å²) >= 11 is 1.58. The average Bonchev–Trinajstić information content (AvgIpc) is 3.52. The molecule has 0 unspecified atom stereocenters. The number of nitrogens with one attached hydrogen (secondary N) is 2. The quantitative estimate of drug-likeness (QED) is 0.152. The van der Waals surface area contributed by atoms with Gasteiger partial charge in [0.05, 0.1) is 22.2 Å². The van der Waals surface area contributed by atoms with Crippen LogP contribution in [-0.2, 0) is 20.9 Å². The van der Waals surface area contributed by atoms with Gasteiger partial charge in [-0.2, -0.15) is 0 Å². The number of aromatic nitrogens is 1. The first-order valence-electron chi connectivity index (χ1n) is 13.6. The minimum absolute atomic E-state index is 0.0294. The zero-order valence-corrected chi connectivity index (χ0v) is 24.4. The van der Waals surface area contributed by atoms with Crippen molar-refractivity contribution in [3.8, 4) is 10.4 Å². The van der Waals surface area contributed by atoms with Crippen molar-refractivity contribution in [3.05, 3.63) is 51.5 Å². The molecule has 1 aliphatic heterocycles. The SMILES string of the molecule is Cc1ncsc1-c1ccc(CNC(=O)[C@@H]2C[C@@H](O)CN2C(=O)[C@H](NC(=O)CCCCCN=[N+]=[N-])C(C)(C)C)cc1. The van der Waals surface area contributed by atoms with E-state index >= 15 is 0 Å². The predicted molar refractivity (Wildman–Crippen MR) is 154 cm³/mol. The summed E-state index contributed by atoms with van der Waals surface area (Å²) in [7, 11) is 0. The summed E-state index contributed by atoms with van der Waals surface area (Å²) in [6, 6.07) is 6.20. The van der Waals surface area contributed by atoms with E-state index in [2.05, 4.69) is 25.6 Å². The highest BCUT2D eigenvalue weighted by Crippen LogP contribution is 2.28. The van der Waals surface area contributed by atoms with Gasteiger partial charge < -0.3 is 20.6 Å². The second-order valence-electron chi connectivity index (χ2n) is 11.2. The molecule has 2 aromatic rings. The van der Waals surface area contributed by atoms with Crippen LogP contribution in [0.1, 0.15) is 64.1 Å². The highest BCUT2D eigenvalue weighted by molar-refractivity contribution is 7.13. The van der Waals surface area contributed by atoms with Crippen molar-refractivity contribution in [1.29, 1.82) is 0 Å². The summed E-state index contributed by atoms with van der Waals surface area (Å²) in [6.45, 7) is 8.24. The van der Waals surface area contributed by atoms with Crippen molar-refractivity contribution >= 4 is 29.1 Å². The van der Waals surface area contributed by atoms with E-state index in [9.17, 15) is 19.5 Å². The van der Waals surface area contributed by atoms with Crippen LogP contribution in [0, 0.1) is 12.3 Å². The standard InChI is InChI=1S/C28H39N7O4S/c1-18-24(40-17-31-18)20-11-9-19(10-12-20)15-30-26(38)22-14-21(36)16-35(22)27(39)25(28(2,3)4)33-23(37)8-6-5-7-13-32-34-29/h9-12,17,21-22,25,36H,5-8,13-16H2,1-4H3,(H,30,38)(H,33,37)/t21-,22+,25+/m1/s1. The van der Waals surface area contributed by atoms with Gasteiger partial charge >= 0.3 is 0 Å². The molecule has 1 aliphatic rings. The van der Waals surface area contributed by atoms with Crippen LogP contribution in [0.4, 0.5) is 0 Å². The molecular weight excluding hydrogens is 530 g/mol. The van der Waals surface area contributed by atoms with Gasteiger partial charge in [-0.15, -0.1) is 11.3 Å². The third-order valence-electron chi connectivity index (χ3n) is 6.94. The van der Waals surface area contributed by atoms with E-state index in [-0.39, 0.29) is 43.7 Å². The van der Waals surface area contributed by atoms with Crippen molar-refractivity contribution < 1.29 is 19.5 Å². The minimum atomic E-state index is -0.855. The average molecular weight is 570 g/mol. The third kappa shape index (κ3) is 8.51. The number of hydrogen-bond acceptors (Lipinski definition) is 7. The Balaban J connectivity index is 1.60. The number of benzene rings is 1. The van der Waals surface area contributed by atoms with E-state index in [1.807, 2.05) is 57.5 Å². The molecule has 11 nitrogen and oxygen atoms in total. The van der Waals surface area contributed by atoms with Crippen LogP contribution >= 0.6 is 11.3 Å². The second-order valence-corrected chi connectivity index (χ2v) is 12.1. The first kappa shape index (κ1) is 31.1. The number of azide groups is 1. The van der Waals surface area contributed by atoms with Gasteiger partial charge in [-0.3, -0.25) is 14.4 Å². The Morgan fingerprint density at radius 2 is 1.95 bits per heavy atom. The molecule has 216 valence electrons. The maximum Gasteiger partial charge on any atom is 0.246 e. The molecule has 3 atom stereocenters.